The van der Waals surface area contributed by atoms with Crippen molar-refractivity contribution in [3.63, 3.8) is 0 Å². The first kappa shape index (κ1) is 14.2. The molecule has 0 amide bonds. The summed E-state index contributed by atoms with van der Waals surface area (Å²) in [4.78, 5) is 0. The van der Waals surface area contributed by atoms with Crippen LogP contribution in [-0.4, -0.2) is 7.11 Å². The lowest BCUT2D eigenvalue weighted by molar-refractivity contribution is 0.281. The second-order valence-electron chi connectivity index (χ2n) is 3.96. The number of halogens is 2. The molecule has 19 heavy (non-hydrogen) atoms. The normalized spacial score (nSPS) is 10.3. The Morgan fingerprint density at radius 2 is 1.79 bits per heavy atom. The molecule has 0 bridgehead atoms. The Kier molecular flexibility index (Phi) is 5.11. The molecule has 0 radical (unpaired) electrons. The average Bonchev–Trinajstić information content (AvgIpc) is 2.46. The Balaban J connectivity index is 2.21. The number of alkyl halides is 1. The van der Waals surface area contributed by atoms with E-state index in [1.807, 2.05) is 42.5 Å². The molecule has 0 aliphatic rings. The van der Waals surface area contributed by atoms with Crippen LogP contribution in [0.1, 0.15) is 11.1 Å². The summed E-state index contributed by atoms with van der Waals surface area (Å²) < 4.78 is 12.2. The lowest BCUT2D eigenvalue weighted by Gasteiger charge is -2.14. The molecule has 0 saturated carbocycles. The van der Waals surface area contributed by atoms with Crippen LogP contribution in [0.5, 0.6) is 11.5 Å². The van der Waals surface area contributed by atoms with Crippen molar-refractivity contribution in [3.8, 4) is 11.5 Å². The van der Waals surface area contributed by atoms with Gasteiger partial charge in [0.15, 0.2) is 11.5 Å². The van der Waals surface area contributed by atoms with Crippen LogP contribution in [0, 0.1) is 0 Å². The highest BCUT2D eigenvalue weighted by molar-refractivity contribution is 9.10. The van der Waals surface area contributed by atoms with Gasteiger partial charge in [0.2, 0.25) is 0 Å². The molecule has 0 unspecified atom stereocenters. The minimum absolute atomic E-state index is 0.391. The van der Waals surface area contributed by atoms with E-state index in [1.165, 1.54) is 0 Å². The number of rotatable bonds is 5. The van der Waals surface area contributed by atoms with E-state index < -0.39 is 0 Å². The van der Waals surface area contributed by atoms with Crippen molar-refractivity contribution in [2.75, 3.05) is 7.11 Å². The molecule has 2 rings (SSSR count). The molecule has 100 valence electrons. The van der Waals surface area contributed by atoms with Gasteiger partial charge in [0, 0.05) is 15.6 Å². The molecule has 0 aliphatic carbocycles. The van der Waals surface area contributed by atoms with Crippen molar-refractivity contribution >= 4 is 27.5 Å². The van der Waals surface area contributed by atoms with Crippen LogP contribution in [0.3, 0.4) is 0 Å². The van der Waals surface area contributed by atoms with Gasteiger partial charge in [0.1, 0.15) is 6.61 Å². The van der Waals surface area contributed by atoms with E-state index >= 15 is 0 Å². The van der Waals surface area contributed by atoms with Crippen molar-refractivity contribution in [3.05, 3.63) is 58.1 Å². The number of methoxy groups -OCH3 is 1. The molecule has 2 nitrogen and oxygen atoms in total. The zero-order valence-electron chi connectivity index (χ0n) is 10.5. The second kappa shape index (κ2) is 6.83. The summed E-state index contributed by atoms with van der Waals surface area (Å²) >= 11 is 9.43. The molecule has 4 heteroatoms. The minimum Gasteiger partial charge on any atom is -0.493 e. The third kappa shape index (κ3) is 3.43. The fourth-order valence-electron chi connectivity index (χ4n) is 1.76. The zero-order chi connectivity index (χ0) is 13.7. The number of para-hydroxylation sites is 1. The van der Waals surface area contributed by atoms with Gasteiger partial charge in [-0.25, -0.2) is 0 Å². The maximum absolute atomic E-state index is 5.93. The van der Waals surface area contributed by atoms with Gasteiger partial charge < -0.3 is 9.47 Å². The Labute approximate surface area is 126 Å². The summed E-state index contributed by atoms with van der Waals surface area (Å²) in [6.45, 7) is 0.464. The monoisotopic (exact) mass is 340 g/mol. The van der Waals surface area contributed by atoms with E-state index in [-0.39, 0.29) is 0 Å². The first-order chi connectivity index (χ1) is 9.26. The fraction of sp³-hybridized carbons (Fsp3) is 0.200. The van der Waals surface area contributed by atoms with E-state index in [4.69, 9.17) is 21.1 Å². The predicted octanol–water partition coefficient (Wildman–Crippen LogP) is 4.78. The van der Waals surface area contributed by atoms with Crippen LogP contribution in [0.4, 0.5) is 0 Å². The summed E-state index contributed by atoms with van der Waals surface area (Å²) in [7, 11) is 1.62. The van der Waals surface area contributed by atoms with Crippen molar-refractivity contribution in [2.45, 2.75) is 12.5 Å². The highest BCUT2D eigenvalue weighted by Crippen LogP contribution is 2.33. The fourth-order valence-corrected chi connectivity index (χ4v) is 2.37. The molecule has 0 fully saturated rings. The minimum atomic E-state index is 0.391. The predicted molar refractivity (Wildman–Crippen MR) is 81.0 cm³/mol. The molecular formula is C15H14BrClO2. The molecule has 0 aromatic heterocycles. The van der Waals surface area contributed by atoms with Gasteiger partial charge >= 0.3 is 0 Å². The van der Waals surface area contributed by atoms with Gasteiger partial charge in [-0.05, 0) is 12.1 Å². The van der Waals surface area contributed by atoms with Crippen LogP contribution < -0.4 is 9.47 Å². The highest BCUT2D eigenvalue weighted by atomic mass is 79.9. The summed E-state index contributed by atoms with van der Waals surface area (Å²) in [6, 6.07) is 13.7. The van der Waals surface area contributed by atoms with E-state index in [0.29, 0.717) is 24.0 Å². The summed E-state index contributed by atoms with van der Waals surface area (Å²) in [5, 5.41) is 0. The summed E-state index contributed by atoms with van der Waals surface area (Å²) in [6.07, 6.45) is 0. The maximum Gasteiger partial charge on any atom is 0.166 e. The number of hydrogen-bond acceptors (Lipinski definition) is 2. The van der Waals surface area contributed by atoms with Crippen molar-refractivity contribution in [1.82, 2.24) is 0 Å². The van der Waals surface area contributed by atoms with Crippen LogP contribution >= 0.6 is 27.5 Å². The second-order valence-corrected chi connectivity index (χ2v) is 5.08. The molecule has 0 atom stereocenters. The lowest BCUT2D eigenvalue weighted by Crippen LogP contribution is -2.01. The molecular weight excluding hydrogens is 328 g/mol. The smallest absolute Gasteiger partial charge is 0.166 e. The topological polar surface area (TPSA) is 18.5 Å². The maximum atomic E-state index is 5.93. The molecule has 2 aromatic rings. The lowest BCUT2D eigenvalue weighted by atomic mass is 10.2. The molecule has 0 saturated heterocycles. The molecule has 0 spiro atoms. The van der Waals surface area contributed by atoms with Crippen molar-refractivity contribution in [1.29, 1.82) is 0 Å². The van der Waals surface area contributed by atoms with Crippen molar-refractivity contribution < 1.29 is 9.47 Å². The number of ether oxygens (including phenoxy) is 2. The third-order valence-electron chi connectivity index (χ3n) is 2.75. The first-order valence-electron chi connectivity index (χ1n) is 5.84. The van der Waals surface area contributed by atoms with Crippen LogP contribution in [-0.2, 0) is 12.5 Å². The summed E-state index contributed by atoms with van der Waals surface area (Å²) in [5.74, 6) is 1.80. The average molecular weight is 342 g/mol. The number of hydrogen-bond donors (Lipinski definition) is 0. The third-order valence-corrected chi connectivity index (χ3v) is 3.82. The van der Waals surface area contributed by atoms with Gasteiger partial charge in [-0.2, -0.15) is 0 Å². The Morgan fingerprint density at radius 1 is 1.05 bits per heavy atom. The largest absolute Gasteiger partial charge is 0.493 e. The van der Waals surface area contributed by atoms with Crippen molar-refractivity contribution in [2.24, 2.45) is 0 Å². The van der Waals surface area contributed by atoms with E-state index in [1.54, 1.807) is 7.11 Å². The molecule has 0 aliphatic heterocycles. The quantitative estimate of drug-likeness (QED) is 0.729. The Bertz CT molecular complexity index is 535. The van der Waals surface area contributed by atoms with Crippen LogP contribution in [0.25, 0.3) is 0 Å². The SMILES string of the molecule is COc1cccc(CCl)c1OCc1ccccc1Br. The molecule has 0 N–H and O–H groups in total. The Hall–Kier alpha value is -1.19. The van der Waals surface area contributed by atoms with E-state index in [0.717, 1.165) is 15.6 Å². The zero-order valence-corrected chi connectivity index (χ0v) is 12.9. The van der Waals surface area contributed by atoms with Gasteiger partial charge in [-0.15, -0.1) is 11.6 Å². The molecule has 0 heterocycles. The Morgan fingerprint density at radius 3 is 2.47 bits per heavy atom. The standard InChI is InChI=1S/C15H14BrClO2/c1-18-14-8-4-6-11(9-17)15(14)19-10-12-5-2-3-7-13(12)16/h2-8H,9-10H2,1H3. The summed E-state index contributed by atoms with van der Waals surface area (Å²) in [5.41, 5.74) is 2.00. The van der Waals surface area contributed by atoms with Gasteiger partial charge in [0.25, 0.3) is 0 Å². The van der Waals surface area contributed by atoms with Gasteiger partial charge in [-0.1, -0.05) is 46.3 Å². The van der Waals surface area contributed by atoms with Crippen LogP contribution in [0.15, 0.2) is 46.9 Å². The van der Waals surface area contributed by atoms with Gasteiger partial charge in [0.05, 0.1) is 13.0 Å². The van der Waals surface area contributed by atoms with Crippen LogP contribution in [0.2, 0.25) is 0 Å². The molecule has 2 aromatic carbocycles. The highest BCUT2D eigenvalue weighted by Gasteiger charge is 2.10. The van der Waals surface area contributed by atoms with Gasteiger partial charge in [-0.3, -0.25) is 0 Å². The van der Waals surface area contributed by atoms with E-state index in [9.17, 15) is 0 Å². The first-order valence-corrected chi connectivity index (χ1v) is 7.17. The van der Waals surface area contributed by atoms with E-state index in [2.05, 4.69) is 15.9 Å². The number of benzene rings is 2.